The Morgan fingerprint density at radius 2 is 1.62 bits per heavy atom. The molecular weight excluding hydrogens is 199 g/mol. The van der Waals surface area contributed by atoms with Gasteiger partial charge in [-0.25, -0.2) is 0 Å². The molecule has 0 aliphatic heterocycles. The van der Waals surface area contributed by atoms with Gasteiger partial charge in [0, 0.05) is 6.42 Å². The van der Waals surface area contributed by atoms with Gasteiger partial charge in [0.05, 0.1) is 0 Å². The smallest absolute Gasteiger partial charge is 0.303 e. The lowest BCUT2D eigenvalue weighted by atomic mass is 9.48. The first-order valence-corrected chi connectivity index (χ1v) is 5.60. The van der Waals surface area contributed by atoms with E-state index in [-0.39, 0.29) is 13.1 Å². The van der Waals surface area contributed by atoms with Gasteiger partial charge >= 0.3 is 5.97 Å². The van der Waals surface area contributed by atoms with Crippen molar-refractivity contribution in [3.8, 4) is 0 Å². The molecule has 0 amide bonds. The average Bonchev–Trinajstić information content (AvgIpc) is 2.09. The van der Waals surface area contributed by atoms with Gasteiger partial charge < -0.3 is 5.11 Å². The number of aliphatic carboxylic acids is 1. The van der Waals surface area contributed by atoms with Crippen LogP contribution in [0.15, 0.2) is 35.1 Å². The predicted molar refractivity (Wildman–Crippen MR) is 70.6 cm³/mol. The zero-order valence-corrected chi connectivity index (χ0v) is 10.7. The van der Waals surface area contributed by atoms with Crippen LogP contribution in [0.2, 0.25) is 0 Å². The van der Waals surface area contributed by atoms with Crippen LogP contribution in [-0.4, -0.2) is 17.8 Å². The molecule has 0 saturated heterocycles. The first kappa shape index (κ1) is 14.8. The van der Waals surface area contributed by atoms with E-state index in [0.717, 1.165) is 0 Å². The molecule has 0 aliphatic rings. The minimum Gasteiger partial charge on any atom is -0.481 e. The van der Waals surface area contributed by atoms with E-state index in [9.17, 15) is 4.79 Å². The third-order valence-electron chi connectivity index (χ3n) is 1.93. The van der Waals surface area contributed by atoms with E-state index >= 15 is 0 Å². The van der Waals surface area contributed by atoms with Crippen LogP contribution in [0.1, 0.15) is 40.5 Å². The summed E-state index contributed by atoms with van der Waals surface area (Å²) in [5, 5.41) is 8.51. The highest BCUT2D eigenvalue weighted by Gasteiger charge is 2.02. The van der Waals surface area contributed by atoms with Crippen molar-refractivity contribution in [2.45, 2.75) is 40.5 Å². The Labute approximate surface area is 98.8 Å². The first-order valence-electron chi connectivity index (χ1n) is 5.60. The van der Waals surface area contributed by atoms with Crippen molar-refractivity contribution < 1.29 is 9.90 Å². The zero-order chi connectivity index (χ0) is 12.6. The summed E-state index contributed by atoms with van der Waals surface area (Å²) in [6.45, 7) is 8.55. The first-order chi connectivity index (χ1) is 7.41. The topological polar surface area (TPSA) is 37.3 Å². The molecule has 88 valence electrons. The Morgan fingerprint density at radius 3 is 2.00 bits per heavy atom. The Hall–Kier alpha value is -1.25. The van der Waals surface area contributed by atoms with E-state index in [1.807, 2.05) is 6.08 Å². The van der Waals surface area contributed by atoms with Gasteiger partial charge in [0.25, 0.3) is 0 Å². The number of carboxylic acids is 1. The molecule has 0 bridgehead atoms. The minimum absolute atomic E-state index is 0.201. The lowest BCUT2D eigenvalue weighted by molar-refractivity contribution is -0.136. The second-order valence-electron chi connectivity index (χ2n) is 4.43. The highest BCUT2D eigenvalue weighted by atomic mass is 16.4. The van der Waals surface area contributed by atoms with E-state index in [4.69, 9.17) is 5.11 Å². The van der Waals surface area contributed by atoms with Gasteiger partial charge in [-0.15, -0.1) is 17.9 Å². The number of rotatable bonds is 6. The van der Waals surface area contributed by atoms with Crippen molar-refractivity contribution in [1.82, 2.24) is 0 Å². The lowest BCUT2D eigenvalue weighted by Crippen LogP contribution is -2.04. The molecule has 0 unspecified atom stereocenters. The van der Waals surface area contributed by atoms with Crippen molar-refractivity contribution in [2.75, 3.05) is 0 Å². The average molecular weight is 220 g/mol. The van der Waals surface area contributed by atoms with E-state index in [0.29, 0.717) is 6.42 Å². The molecule has 2 nitrogen and oxygen atoms in total. The van der Waals surface area contributed by atoms with Crippen LogP contribution in [0.4, 0.5) is 0 Å². The van der Waals surface area contributed by atoms with Gasteiger partial charge in [-0.1, -0.05) is 17.2 Å². The number of hydrogen-bond acceptors (Lipinski definition) is 1. The molecule has 0 saturated carbocycles. The highest BCUT2D eigenvalue weighted by Crippen LogP contribution is 2.02. The van der Waals surface area contributed by atoms with E-state index in [1.54, 1.807) is 0 Å². The van der Waals surface area contributed by atoms with Crippen LogP contribution in [0.25, 0.3) is 0 Å². The van der Waals surface area contributed by atoms with Gasteiger partial charge in [-0.2, -0.15) is 0 Å². The molecule has 0 radical (unpaired) electrons. The summed E-state index contributed by atoms with van der Waals surface area (Å²) in [6.07, 6.45) is 2.74. The van der Waals surface area contributed by atoms with Gasteiger partial charge in [-0.05, 0) is 34.1 Å². The molecule has 0 heterocycles. The molecule has 0 rings (SSSR count). The molecule has 16 heavy (non-hydrogen) atoms. The summed E-state index contributed by atoms with van der Waals surface area (Å²) in [4.78, 5) is 10.3. The fourth-order valence-corrected chi connectivity index (χ4v) is 1.39. The van der Waals surface area contributed by atoms with Crippen LogP contribution in [-0.2, 0) is 4.79 Å². The van der Waals surface area contributed by atoms with Crippen molar-refractivity contribution >= 4 is 12.7 Å². The molecule has 0 fully saturated rings. The Balaban J connectivity index is 4.38. The van der Waals surface area contributed by atoms with Crippen molar-refractivity contribution in [3.63, 3.8) is 0 Å². The summed E-state index contributed by atoms with van der Waals surface area (Å²) in [5.41, 5.74) is 2.54. The minimum atomic E-state index is -0.745. The quantitative estimate of drug-likeness (QED) is 0.696. The van der Waals surface area contributed by atoms with E-state index < -0.39 is 5.97 Å². The summed E-state index contributed by atoms with van der Waals surface area (Å²) in [5.74, 6) is 5.66. The number of allylic oxidation sites excluding steroid dienone is 3. The fraction of sp³-hybridized carbons (Fsp3) is 0.462. The molecule has 0 atom stereocenters. The summed E-state index contributed by atoms with van der Waals surface area (Å²) in [6, 6.07) is 0. The van der Waals surface area contributed by atoms with Gasteiger partial charge in [0.1, 0.15) is 0 Å². The number of carboxylic acid groups (broad SMARTS) is 1. The normalized spacial score (nSPS) is 10.0. The van der Waals surface area contributed by atoms with Crippen LogP contribution in [0.5, 0.6) is 0 Å². The second kappa shape index (κ2) is 7.97. The van der Waals surface area contributed by atoms with E-state index in [1.165, 1.54) is 11.1 Å². The lowest BCUT2D eigenvalue weighted by Gasteiger charge is -2.00. The monoisotopic (exact) mass is 220 g/mol. The fourth-order valence-electron chi connectivity index (χ4n) is 1.39. The third-order valence-corrected chi connectivity index (χ3v) is 1.93. The Morgan fingerprint density at radius 1 is 1.12 bits per heavy atom. The molecule has 0 aromatic heterocycles. The predicted octanol–water partition coefficient (Wildman–Crippen LogP) is 3.45. The second-order valence-corrected chi connectivity index (χ2v) is 4.43. The van der Waals surface area contributed by atoms with Crippen LogP contribution >= 0.6 is 0 Å². The maximum atomic E-state index is 10.3. The summed E-state index contributed by atoms with van der Waals surface area (Å²) < 4.78 is 0. The SMILES string of the molecule is CC(C)=CB(C=C(C)C)/C=C/CCC(=O)O. The Bertz CT molecular complexity index is 288. The Kier molecular flexibility index (Phi) is 7.35. The van der Waals surface area contributed by atoms with Gasteiger partial charge in [0.2, 0.25) is 6.71 Å². The van der Waals surface area contributed by atoms with Crippen molar-refractivity contribution in [1.29, 1.82) is 0 Å². The summed E-state index contributed by atoms with van der Waals surface area (Å²) in [7, 11) is 0. The molecule has 3 heteroatoms. The van der Waals surface area contributed by atoms with Crippen molar-refractivity contribution in [3.05, 3.63) is 35.1 Å². The van der Waals surface area contributed by atoms with Crippen LogP contribution in [0, 0.1) is 0 Å². The number of carbonyl (C=O) groups is 1. The molecule has 0 aromatic rings. The maximum absolute atomic E-state index is 10.3. The molecule has 1 N–H and O–H groups in total. The summed E-state index contributed by atoms with van der Waals surface area (Å²) >= 11 is 0. The third kappa shape index (κ3) is 9.32. The molecular formula is C13H21BO2. The van der Waals surface area contributed by atoms with Crippen LogP contribution < -0.4 is 0 Å². The zero-order valence-electron chi connectivity index (χ0n) is 10.7. The molecule has 0 aromatic carbocycles. The largest absolute Gasteiger partial charge is 0.481 e. The standard InChI is InChI=1S/C13H21BO2/c1-11(2)9-14(10-12(3)4)8-6-5-7-13(15)16/h6,8-10H,5,7H2,1-4H3,(H,15,16)/b8-6+. The van der Waals surface area contributed by atoms with Gasteiger partial charge in [-0.3, -0.25) is 4.79 Å². The van der Waals surface area contributed by atoms with E-state index in [2.05, 4.69) is 45.6 Å². The molecule has 0 spiro atoms. The van der Waals surface area contributed by atoms with Crippen LogP contribution in [0.3, 0.4) is 0 Å². The number of hydrogen-bond donors (Lipinski definition) is 1. The highest BCUT2D eigenvalue weighted by molar-refractivity contribution is 6.74. The molecule has 0 aliphatic carbocycles. The van der Waals surface area contributed by atoms with Crippen molar-refractivity contribution in [2.24, 2.45) is 0 Å². The maximum Gasteiger partial charge on any atom is 0.303 e. The van der Waals surface area contributed by atoms with Gasteiger partial charge in [0.15, 0.2) is 0 Å².